The Morgan fingerprint density at radius 1 is 1.07 bits per heavy atom. The maximum Gasteiger partial charge on any atom is 0.255 e. The monoisotopic (exact) mass is 563 g/mol. The lowest BCUT2D eigenvalue weighted by atomic mass is 9.57. The van der Waals surface area contributed by atoms with Gasteiger partial charge in [0, 0.05) is 17.2 Å². The normalized spacial score (nSPS) is 25.5. The summed E-state index contributed by atoms with van der Waals surface area (Å²) in [7, 11) is 3.08. The first-order valence-electron chi connectivity index (χ1n) is 12.8. The molecule has 0 unspecified atom stereocenters. The summed E-state index contributed by atoms with van der Waals surface area (Å²) in [5, 5.41) is 56.3. The number of fused-ring (bicyclic) bond motifs is 3. The molecule has 3 aliphatic carbocycles. The molecule has 41 heavy (non-hydrogen) atoms. The minimum absolute atomic E-state index is 0.0172. The number of phenols is 1. The Labute approximate surface area is 234 Å². The number of aliphatic hydroxyl groups is 4. The van der Waals surface area contributed by atoms with E-state index in [1.54, 1.807) is 30.3 Å². The summed E-state index contributed by atoms with van der Waals surface area (Å²) >= 11 is 0. The molecule has 2 aromatic rings. The van der Waals surface area contributed by atoms with Crippen LogP contribution in [-0.4, -0.2) is 86.2 Å². The van der Waals surface area contributed by atoms with E-state index >= 15 is 0 Å². The molecule has 3 aliphatic rings. The van der Waals surface area contributed by atoms with E-state index in [0.29, 0.717) is 22.4 Å². The number of Topliss-reactive ketones (excluding diaryl/α,β-unsaturated/α-hetero) is 2. The van der Waals surface area contributed by atoms with Crippen LogP contribution in [0.4, 0.5) is 5.69 Å². The van der Waals surface area contributed by atoms with Crippen LogP contribution in [0.1, 0.15) is 17.5 Å². The summed E-state index contributed by atoms with van der Waals surface area (Å²) in [5.41, 5.74) is 3.79. The Balaban J connectivity index is 1.65. The van der Waals surface area contributed by atoms with Gasteiger partial charge in [0.05, 0.1) is 11.6 Å². The number of nitrogens with one attached hydrogen (secondary N) is 1. The first-order chi connectivity index (χ1) is 19.3. The fraction of sp³-hybridized carbons (Fsp3) is 0.310. The Morgan fingerprint density at radius 3 is 2.32 bits per heavy atom. The Morgan fingerprint density at radius 2 is 1.73 bits per heavy atom. The number of hydrogen-bond acceptors (Lipinski definition) is 10. The molecule has 12 nitrogen and oxygen atoms in total. The first-order valence-corrected chi connectivity index (χ1v) is 12.8. The zero-order valence-corrected chi connectivity index (χ0v) is 22.2. The highest BCUT2D eigenvalue weighted by Gasteiger charge is 2.64. The maximum atomic E-state index is 13.9. The third kappa shape index (κ3) is 4.10. The highest BCUT2D eigenvalue weighted by atomic mass is 16.3. The standard InChI is InChI=1S/C29H29N3O9/c1-32(2)23-17-10-13-9-16-15(12-3-5-14(6-4-12)31-19(35)11-33)7-8-18(34)21(16)24(36)20(13)26(38)29(17,41)27(39)22(25(23)37)28(30)40/h3-8,13,17,23,33-34,36,39,41H,9-11H2,1-2H3,(H2,30,40)(H,31,35)/t13-,17+,23-,29+/m0/s1. The topological polar surface area (TPSA) is 211 Å². The molecule has 4 atom stereocenters. The van der Waals surface area contributed by atoms with Gasteiger partial charge in [0.1, 0.15) is 29.4 Å². The predicted octanol–water partition coefficient (Wildman–Crippen LogP) is 0.562. The first kappa shape index (κ1) is 28.0. The van der Waals surface area contributed by atoms with Crippen LogP contribution in [0, 0.1) is 11.8 Å². The van der Waals surface area contributed by atoms with Crippen molar-refractivity contribution >= 4 is 34.8 Å². The second-order valence-electron chi connectivity index (χ2n) is 10.7. The average molecular weight is 564 g/mol. The van der Waals surface area contributed by atoms with E-state index in [4.69, 9.17) is 10.8 Å². The van der Waals surface area contributed by atoms with Gasteiger partial charge in [-0.2, -0.15) is 0 Å². The second-order valence-corrected chi connectivity index (χ2v) is 10.7. The molecule has 8 N–H and O–H groups in total. The summed E-state index contributed by atoms with van der Waals surface area (Å²) in [6.45, 7) is -0.672. The van der Waals surface area contributed by atoms with Crippen LogP contribution < -0.4 is 11.1 Å². The number of anilines is 1. The van der Waals surface area contributed by atoms with E-state index in [1.165, 1.54) is 25.1 Å². The molecule has 1 fully saturated rings. The third-order valence-electron chi connectivity index (χ3n) is 8.23. The third-order valence-corrected chi connectivity index (χ3v) is 8.23. The number of rotatable bonds is 5. The number of aromatic hydroxyl groups is 1. The summed E-state index contributed by atoms with van der Waals surface area (Å²) in [6, 6.07) is 8.48. The number of carbonyl (C=O) groups excluding carboxylic acids is 4. The number of primary amides is 1. The molecule has 2 amide bonds. The van der Waals surface area contributed by atoms with Crippen molar-refractivity contribution in [2.45, 2.75) is 24.5 Å². The number of benzene rings is 2. The molecule has 0 aromatic heterocycles. The molecular formula is C29H29N3O9. The lowest BCUT2D eigenvalue weighted by Crippen LogP contribution is -2.65. The van der Waals surface area contributed by atoms with Gasteiger partial charge >= 0.3 is 0 Å². The predicted molar refractivity (Wildman–Crippen MR) is 145 cm³/mol. The molecule has 214 valence electrons. The number of phenolic OH excluding ortho intramolecular Hbond substituents is 1. The number of aliphatic hydroxyl groups excluding tert-OH is 3. The van der Waals surface area contributed by atoms with E-state index in [9.17, 15) is 39.6 Å². The Bertz CT molecular complexity index is 1570. The van der Waals surface area contributed by atoms with Crippen LogP contribution in [0.25, 0.3) is 16.9 Å². The Kier molecular flexibility index (Phi) is 6.72. The van der Waals surface area contributed by atoms with Gasteiger partial charge in [-0.3, -0.25) is 24.1 Å². The molecule has 1 saturated carbocycles. The quantitative estimate of drug-likeness (QED) is 0.251. The van der Waals surface area contributed by atoms with Crippen LogP contribution in [0.5, 0.6) is 5.75 Å². The van der Waals surface area contributed by atoms with Crippen LogP contribution >= 0.6 is 0 Å². The molecule has 0 aliphatic heterocycles. The number of likely N-dealkylation sites (N-methyl/N-ethyl adjacent to an activating group) is 1. The van der Waals surface area contributed by atoms with E-state index in [0.717, 1.165) is 0 Å². The van der Waals surface area contributed by atoms with Crippen molar-refractivity contribution in [1.82, 2.24) is 4.90 Å². The average Bonchev–Trinajstić information content (AvgIpc) is 2.91. The van der Waals surface area contributed by atoms with Gasteiger partial charge in [0.2, 0.25) is 11.7 Å². The molecule has 2 aromatic carbocycles. The molecule has 0 bridgehead atoms. The fourth-order valence-corrected chi connectivity index (χ4v) is 6.45. The van der Waals surface area contributed by atoms with E-state index in [-0.39, 0.29) is 29.7 Å². The number of amides is 2. The smallest absolute Gasteiger partial charge is 0.255 e. The fourth-order valence-electron chi connectivity index (χ4n) is 6.45. The van der Waals surface area contributed by atoms with Gasteiger partial charge in [-0.1, -0.05) is 18.2 Å². The lowest BCUT2D eigenvalue weighted by Gasteiger charge is -2.50. The van der Waals surface area contributed by atoms with Crippen molar-refractivity contribution in [2.75, 3.05) is 26.0 Å². The Hall–Kier alpha value is -4.52. The molecule has 0 heterocycles. The number of hydrogen-bond donors (Lipinski definition) is 7. The number of nitrogens with zero attached hydrogens (tertiary/aromatic N) is 1. The molecule has 0 saturated heterocycles. The second kappa shape index (κ2) is 9.84. The van der Waals surface area contributed by atoms with Crippen LogP contribution in [0.2, 0.25) is 0 Å². The van der Waals surface area contributed by atoms with Gasteiger partial charge in [-0.25, -0.2) is 0 Å². The number of carbonyl (C=O) groups is 4. The van der Waals surface area contributed by atoms with Gasteiger partial charge in [-0.15, -0.1) is 0 Å². The zero-order chi connectivity index (χ0) is 30.0. The highest BCUT2D eigenvalue weighted by Crippen LogP contribution is 2.53. The molecule has 0 radical (unpaired) electrons. The van der Waals surface area contributed by atoms with E-state index in [2.05, 4.69) is 5.32 Å². The lowest BCUT2D eigenvalue weighted by molar-refractivity contribution is -0.153. The van der Waals surface area contributed by atoms with E-state index in [1.807, 2.05) is 0 Å². The van der Waals surface area contributed by atoms with Crippen molar-refractivity contribution in [3.05, 3.63) is 64.4 Å². The van der Waals surface area contributed by atoms with E-state index < -0.39 is 70.6 Å². The summed E-state index contributed by atoms with van der Waals surface area (Å²) in [6.07, 6.45) is 0.119. The minimum Gasteiger partial charge on any atom is -0.508 e. The van der Waals surface area contributed by atoms with Crippen molar-refractivity contribution in [1.29, 1.82) is 0 Å². The molecule has 0 spiro atoms. The summed E-state index contributed by atoms with van der Waals surface area (Å²) in [4.78, 5) is 52.2. The molecular weight excluding hydrogens is 534 g/mol. The number of ketones is 2. The van der Waals surface area contributed by atoms with Crippen LogP contribution in [-0.2, 0) is 25.6 Å². The highest BCUT2D eigenvalue weighted by molar-refractivity contribution is 6.24. The minimum atomic E-state index is -2.70. The molecule has 5 rings (SSSR count). The molecule has 12 heteroatoms. The van der Waals surface area contributed by atoms with Gasteiger partial charge in [0.25, 0.3) is 5.91 Å². The zero-order valence-electron chi connectivity index (χ0n) is 22.2. The van der Waals surface area contributed by atoms with Gasteiger partial charge in [0.15, 0.2) is 11.4 Å². The van der Waals surface area contributed by atoms with Crippen LogP contribution in [0.15, 0.2) is 53.3 Å². The van der Waals surface area contributed by atoms with Gasteiger partial charge in [-0.05, 0) is 67.7 Å². The van der Waals surface area contributed by atoms with Crippen LogP contribution in [0.3, 0.4) is 0 Å². The summed E-state index contributed by atoms with van der Waals surface area (Å²) < 4.78 is 0. The van der Waals surface area contributed by atoms with Crippen molar-refractivity contribution in [3.8, 4) is 16.9 Å². The number of nitrogens with two attached hydrogens (primary N) is 1. The van der Waals surface area contributed by atoms with Crippen molar-refractivity contribution in [3.63, 3.8) is 0 Å². The van der Waals surface area contributed by atoms with Crippen molar-refractivity contribution < 1.29 is 44.7 Å². The largest absolute Gasteiger partial charge is 0.508 e. The maximum absolute atomic E-state index is 13.9. The summed E-state index contributed by atoms with van der Waals surface area (Å²) in [5.74, 6) is -7.68. The van der Waals surface area contributed by atoms with Gasteiger partial charge < -0.3 is 36.6 Å². The van der Waals surface area contributed by atoms with Crippen molar-refractivity contribution in [2.24, 2.45) is 17.6 Å². The SMILES string of the molecule is CN(C)[C@@H]1C(=O)C(C(N)=O)=C(O)[C@]2(O)C(=O)C3=C(O)c4c(O)ccc(-c5ccc(NC(=O)CO)cc5)c4C[C@H]3C[C@H]12.